The molecule has 1 aliphatic heterocycles. The highest BCUT2D eigenvalue weighted by Gasteiger charge is 2.34. The minimum Gasteiger partial charge on any atom is -0.484 e. The number of nitrogens with zero attached hydrogens (tertiary/aromatic N) is 2. The van der Waals surface area contributed by atoms with Crippen LogP contribution >= 0.6 is 0 Å². The van der Waals surface area contributed by atoms with Crippen molar-refractivity contribution in [3.63, 3.8) is 0 Å². The standard InChI is InChI=1S/C22H31N3O5/c1-5-11-24(12-6-2)21(28)14-30-17-7-8-18(15(3)13-17)25(16(4)26)19-9-10-20(27)23-22(19)29/h7-8,13,19H,5-6,9-12,14H2,1-4H3,(H,23,27,29). The molecule has 0 radical (unpaired) electrons. The van der Waals surface area contributed by atoms with Gasteiger partial charge in [0.2, 0.25) is 17.7 Å². The Balaban J connectivity index is 2.13. The third-order valence-corrected chi connectivity index (χ3v) is 4.99. The second kappa shape index (κ2) is 10.8. The number of anilines is 1. The summed E-state index contributed by atoms with van der Waals surface area (Å²) in [6.07, 6.45) is 2.25. The second-order valence-corrected chi connectivity index (χ2v) is 7.47. The number of piperidine rings is 1. The topological polar surface area (TPSA) is 96.0 Å². The Bertz CT molecular complexity index is 802. The molecule has 1 N–H and O–H groups in total. The van der Waals surface area contributed by atoms with E-state index in [0.717, 1.165) is 18.4 Å². The highest BCUT2D eigenvalue weighted by molar-refractivity contribution is 6.06. The van der Waals surface area contributed by atoms with Crippen LogP contribution in [-0.2, 0) is 19.2 Å². The van der Waals surface area contributed by atoms with E-state index in [-0.39, 0.29) is 37.2 Å². The Morgan fingerprint density at radius 1 is 1.17 bits per heavy atom. The van der Waals surface area contributed by atoms with E-state index in [2.05, 4.69) is 5.32 Å². The fraction of sp³-hybridized carbons (Fsp3) is 0.545. The van der Waals surface area contributed by atoms with E-state index in [9.17, 15) is 19.2 Å². The molecule has 1 heterocycles. The van der Waals surface area contributed by atoms with Gasteiger partial charge in [-0.3, -0.25) is 29.4 Å². The molecule has 30 heavy (non-hydrogen) atoms. The molecular weight excluding hydrogens is 386 g/mol. The molecule has 1 aromatic rings. The van der Waals surface area contributed by atoms with Crippen LogP contribution in [0.4, 0.5) is 5.69 Å². The summed E-state index contributed by atoms with van der Waals surface area (Å²) in [5.41, 5.74) is 1.31. The van der Waals surface area contributed by atoms with Crippen LogP contribution in [0.1, 0.15) is 52.0 Å². The van der Waals surface area contributed by atoms with Gasteiger partial charge in [-0.25, -0.2) is 0 Å². The molecule has 8 nitrogen and oxygen atoms in total. The van der Waals surface area contributed by atoms with Crippen molar-refractivity contribution in [3.8, 4) is 5.75 Å². The number of aryl methyl sites for hydroxylation is 1. The molecule has 1 unspecified atom stereocenters. The SMILES string of the molecule is CCCN(CCC)C(=O)COc1ccc(N(C(C)=O)C2CCC(=O)NC2=O)c(C)c1. The van der Waals surface area contributed by atoms with Crippen LogP contribution in [0.3, 0.4) is 0 Å². The fourth-order valence-corrected chi connectivity index (χ4v) is 3.61. The first-order chi connectivity index (χ1) is 14.3. The van der Waals surface area contributed by atoms with E-state index >= 15 is 0 Å². The van der Waals surface area contributed by atoms with Gasteiger partial charge in [-0.05, 0) is 49.9 Å². The zero-order valence-corrected chi connectivity index (χ0v) is 18.2. The molecule has 0 bridgehead atoms. The van der Waals surface area contributed by atoms with Crippen LogP contribution in [-0.4, -0.2) is 54.3 Å². The number of nitrogens with one attached hydrogen (secondary N) is 1. The second-order valence-electron chi connectivity index (χ2n) is 7.47. The number of ether oxygens (including phenoxy) is 1. The van der Waals surface area contributed by atoms with Gasteiger partial charge in [0.25, 0.3) is 5.91 Å². The van der Waals surface area contributed by atoms with Gasteiger partial charge in [-0.2, -0.15) is 0 Å². The first kappa shape index (κ1) is 23.4. The molecule has 0 spiro atoms. The summed E-state index contributed by atoms with van der Waals surface area (Å²) in [6.45, 7) is 8.61. The van der Waals surface area contributed by atoms with Crippen molar-refractivity contribution in [3.05, 3.63) is 23.8 Å². The lowest BCUT2D eigenvalue weighted by Gasteiger charge is -2.33. The van der Waals surface area contributed by atoms with Crippen LogP contribution in [0.25, 0.3) is 0 Å². The fourth-order valence-electron chi connectivity index (χ4n) is 3.61. The van der Waals surface area contributed by atoms with Crippen LogP contribution in [0.2, 0.25) is 0 Å². The van der Waals surface area contributed by atoms with E-state index in [1.54, 1.807) is 23.1 Å². The van der Waals surface area contributed by atoms with E-state index < -0.39 is 11.9 Å². The van der Waals surface area contributed by atoms with Gasteiger partial charge >= 0.3 is 0 Å². The van der Waals surface area contributed by atoms with Crippen molar-refractivity contribution in [2.75, 3.05) is 24.6 Å². The monoisotopic (exact) mass is 417 g/mol. The molecular formula is C22H31N3O5. The molecule has 1 saturated heterocycles. The smallest absolute Gasteiger partial charge is 0.260 e. The van der Waals surface area contributed by atoms with Crippen molar-refractivity contribution < 1.29 is 23.9 Å². The molecule has 1 aromatic carbocycles. The van der Waals surface area contributed by atoms with E-state index in [1.165, 1.54) is 11.8 Å². The number of imide groups is 1. The number of carbonyl (C=O) groups is 4. The van der Waals surface area contributed by atoms with Crippen molar-refractivity contribution in [2.45, 2.75) is 59.4 Å². The lowest BCUT2D eigenvalue weighted by atomic mass is 10.0. The Hall–Kier alpha value is -2.90. The molecule has 0 saturated carbocycles. The number of hydrogen-bond donors (Lipinski definition) is 1. The molecule has 4 amide bonds. The lowest BCUT2D eigenvalue weighted by molar-refractivity contribution is -0.135. The largest absolute Gasteiger partial charge is 0.484 e. The average Bonchev–Trinajstić information content (AvgIpc) is 2.69. The van der Waals surface area contributed by atoms with Crippen molar-refractivity contribution in [1.82, 2.24) is 10.2 Å². The van der Waals surface area contributed by atoms with E-state index in [1.807, 2.05) is 20.8 Å². The van der Waals surface area contributed by atoms with E-state index in [0.29, 0.717) is 24.5 Å². The quantitative estimate of drug-likeness (QED) is 0.622. The summed E-state index contributed by atoms with van der Waals surface area (Å²) in [5, 5.41) is 2.29. The van der Waals surface area contributed by atoms with Gasteiger partial charge in [0.05, 0.1) is 0 Å². The maximum atomic E-state index is 12.4. The van der Waals surface area contributed by atoms with E-state index in [4.69, 9.17) is 4.74 Å². The molecule has 164 valence electrons. The van der Waals surface area contributed by atoms with Gasteiger partial charge in [0.1, 0.15) is 11.8 Å². The summed E-state index contributed by atoms with van der Waals surface area (Å²) < 4.78 is 5.68. The van der Waals surface area contributed by atoms with Crippen molar-refractivity contribution >= 4 is 29.3 Å². The third-order valence-electron chi connectivity index (χ3n) is 4.99. The number of hydrogen-bond acceptors (Lipinski definition) is 5. The third kappa shape index (κ3) is 5.81. The van der Waals surface area contributed by atoms with Gasteiger partial charge in [-0.15, -0.1) is 0 Å². The predicted molar refractivity (Wildman–Crippen MR) is 113 cm³/mol. The molecule has 0 aliphatic carbocycles. The first-order valence-electron chi connectivity index (χ1n) is 10.4. The zero-order chi connectivity index (χ0) is 22.3. The Morgan fingerprint density at radius 2 is 1.83 bits per heavy atom. The van der Waals surface area contributed by atoms with Crippen molar-refractivity contribution in [2.24, 2.45) is 0 Å². The molecule has 8 heteroatoms. The summed E-state index contributed by atoms with van der Waals surface area (Å²) in [5.74, 6) is -0.631. The Kier molecular flexibility index (Phi) is 8.38. The Labute approximate surface area is 177 Å². The summed E-state index contributed by atoms with van der Waals surface area (Å²) in [7, 11) is 0. The van der Waals surface area contributed by atoms with Gasteiger partial charge in [0.15, 0.2) is 6.61 Å². The van der Waals surface area contributed by atoms with Gasteiger partial charge in [-0.1, -0.05) is 13.8 Å². The Morgan fingerprint density at radius 3 is 2.37 bits per heavy atom. The minimum atomic E-state index is -0.733. The molecule has 1 aliphatic rings. The van der Waals surface area contributed by atoms with Crippen LogP contribution in [0, 0.1) is 6.92 Å². The maximum Gasteiger partial charge on any atom is 0.260 e. The number of amides is 4. The van der Waals surface area contributed by atoms with Crippen LogP contribution < -0.4 is 15.0 Å². The summed E-state index contributed by atoms with van der Waals surface area (Å²) in [4.78, 5) is 51.6. The molecule has 1 atom stereocenters. The molecule has 2 rings (SSSR count). The first-order valence-corrected chi connectivity index (χ1v) is 10.4. The van der Waals surface area contributed by atoms with Crippen LogP contribution in [0.15, 0.2) is 18.2 Å². The minimum absolute atomic E-state index is 0.0532. The number of rotatable bonds is 9. The summed E-state index contributed by atoms with van der Waals surface area (Å²) >= 11 is 0. The lowest BCUT2D eigenvalue weighted by Crippen LogP contribution is -2.54. The van der Waals surface area contributed by atoms with Crippen molar-refractivity contribution in [1.29, 1.82) is 0 Å². The molecule has 0 aromatic heterocycles. The van der Waals surface area contributed by atoms with Gasteiger partial charge < -0.3 is 9.64 Å². The summed E-state index contributed by atoms with van der Waals surface area (Å²) in [6, 6.07) is 4.40. The number of carbonyl (C=O) groups excluding carboxylic acids is 4. The highest BCUT2D eigenvalue weighted by atomic mass is 16.5. The predicted octanol–water partition coefficient (Wildman–Crippen LogP) is 2.18. The highest BCUT2D eigenvalue weighted by Crippen LogP contribution is 2.28. The maximum absolute atomic E-state index is 12.4. The van der Waals surface area contributed by atoms with Gasteiger partial charge in [0, 0.05) is 32.1 Å². The average molecular weight is 418 g/mol. The zero-order valence-electron chi connectivity index (χ0n) is 18.2. The molecule has 1 fully saturated rings. The number of benzene rings is 1. The normalized spacial score (nSPS) is 16.1. The van der Waals surface area contributed by atoms with Crippen LogP contribution in [0.5, 0.6) is 5.75 Å².